The van der Waals surface area contributed by atoms with Crippen molar-refractivity contribution in [1.29, 1.82) is 0 Å². The first-order valence-corrected chi connectivity index (χ1v) is 6.63. The number of aromatic nitrogens is 3. The number of rotatable bonds is 5. The summed E-state index contributed by atoms with van der Waals surface area (Å²) in [5.74, 6) is -1.20. The molecule has 0 radical (unpaired) electrons. The Morgan fingerprint density at radius 3 is 2.89 bits per heavy atom. The lowest BCUT2D eigenvalue weighted by Gasteiger charge is -2.05. The molecule has 0 saturated heterocycles. The molecular formula is C12H13BrF2N4. The van der Waals surface area contributed by atoms with Gasteiger partial charge in [0.15, 0.2) is 0 Å². The summed E-state index contributed by atoms with van der Waals surface area (Å²) < 4.78 is 29.0. The molecule has 0 aliphatic carbocycles. The fraction of sp³-hybridized carbons (Fsp3) is 0.333. The van der Waals surface area contributed by atoms with Crippen molar-refractivity contribution in [3.63, 3.8) is 0 Å². The van der Waals surface area contributed by atoms with E-state index in [2.05, 4.69) is 31.6 Å². The molecule has 7 heteroatoms. The van der Waals surface area contributed by atoms with Gasteiger partial charge >= 0.3 is 0 Å². The van der Waals surface area contributed by atoms with Crippen LogP contribution in [-0.2, 0) is 13.1 Å². The Hall–Kier alpha value is -1.34. The van der Waals surface area contributed by atoms with E-state index in [4.69, 9.17) is 0 Å². The lowest BCUT2D eigenvalue weighted by molar-refractivity contribution is 0.524. The predicted molar refractivity (Wildman–Crippen MR) is 70.6 cm³/mol. The van der Waals surface area contributed by atoms with E-state index in [1.165, 1.54) is 16.8 Å². The van der Waals surface area contributed by atoms with Crippen molar-refractivity contribution < 1.29 is 8.78 Å². The summed E-state index contributed by atoms with van der Waals surface area (Å²) in [5.41, 5.74) is 0.701. The standard InChI is InChI=1S/C12H13BrF2N4/c1-2-16-5-8-6-19(18-17-8)7-9-11(14)4-3-10(13)12(9)15/h3-4,6,16H,2,5,7H2,1H3. The van der Waals surface area contributed by atoms with Gasteiger partial charge < -0.3 is 5.32 Å². The summed E-state index contributed by atoms with van der Waals surface area (Å²) >= 11 is 3.04. The third-order valence-electron chi connectivity index (χ3n) is 2.60. The molecule has 0 bridgehead atoms. The molecule has 0 atom stereocenters. The second kappa shape index (κ2) is 6.21. The van der Waals surface area contributed by atoms with Gasteiger partial charge in [0.2, 0.25) is 0 Å². The minimum absolute atomic E-state index is 0.0102. The Morgan fingerprint density at radius 2 is 2.16 bits per heavy atom. The highest BCUT2D eigenvalue weighted by Crippen LogP contribution is 2.22. The minimum Gasteiger partial charge on any atom is -0.311 e. The molecule has 0 unspecified atom stereocenters. The van der Waals surface area contributed by atoms with Crippen LogP contribution in [0.25, 0.3) is 0 Å². The molecule has 2 aromatic rings. The zero-order chi connectivity index (χ0) is 13.8. The highest BCUT2D eigenvalue weighted by molar-refractivity contribution is 9.10. The van der Waals surface area contributed by atoms with Gasteiger partial charge in [-0.2, -0.15) is 0 Å². The molecule has 0 amide bonds. The van der Waals surface area contributed by atoms with Crippen molar-refractivity contribution in [1.82, 2.24) is 20.3 Å². The Kier molecular flexibility index (Phi) is 4.60. The summed E-state index contributed by atoms with van der Waals surface area (Å²) in [6.45, 7) is 3.40. The van der Waals surface area contributed by atoms with E-state index in [9.17, 15) is 8.78 Å². The van der Waals surface area contributed by atoms with Crippen molar-refractivity contribution in [2.45, 2.75) is 20.0 Å². The molecule has 0 spiro atoms. The van der Waals surface area contributed by atoms with E-state index < -0.39 is 11.6 Å². The number of nitrogens with zero attached hydrogens (tertiary/aromatic N) is 3. The maximum Gasteiger partial charge on any atom is 0.145 e. The molecule has 4 nitrogen and oxygen atoms in total. The normalized spacial score (nSPS) is 10.9. The molecule has 1 aromatic heterocycles. The van der Waals surface area contributed by atoms with Gasteiger partial charge in [-0.05, 0) is 34.6 Å². The average Bonchev–Trinajstić information content (AvgIpc) is 2.84. The highest BCUT2D eigenvalue weighted by atomic mass is 79.9. The topological polar surface area (TPSA) is 42.7 Å². The van der Waals surface area contributed by atoms with Crippen molar-refractivity contribution in [2.75, 3.05) is 6.54 Å². The molecule has 1 N–H and O–H groups in total. The quantitative estimate of drug-likeness (QED) is 0.856. The van der Waals surface area contributed by atoms with E-state index in [1.54, 1.807) is 6.20 Å². The third-order valence-corrected chi connectivity index (χ3v) is 3.21. The van der Waals surface area contributed by atoms with Gasteiger partial charge in [0.25, 0.3) is 0 Å². The minimum atomic E-state index is -0.608. The molecule has 0 saturated carbocycles. The Labute approximate surface area is 117 Å². The Morgan fingerprint density at radius 1 is 1.37 bits per heavy atom. The van der Waals surface area contributed by atoms with Gasteiger partial charge in [0.05, 0.1) is 22.9 Å². The molecule has 0 aliphatic rings. The average molecular weight is 331 g/mol. The highest BCUT2D eigenvalue weighted by Gasteiger charge is 2.13. The fourth-order valence-electron chi connectivity index (χ4n) is 1.63. The smallest absolute Gasteiger partial charge is 0.145 e. The van der Waals surface area contributed by atoms with Crippen molar-refractivity contribution in [3.8, 4) is 0 Å². The molecule has 1 aromatic carbocycles. The maximum absolute atomic E-state index is 13.8. The predicted octanol–water partition coefficient (Wildman–Crippen LogP) is 2.48. The fourth-order valence-corrected chi connectivity index (χ4v) is 2.00. The SMILES string of the molecule is CCNCc1cn(Cc2c(F)ccc(Br)c2F)nn1. The lowest BCUT2D eigenvalue weighted by atomic mass is 10.2. The largest absolute Gasteiger partial charge is 0.311 e. The lowest BCUT2D eigenvalue weighted by Crippen LogP contribution is -2.11. The number of halogens is 3. The van der Waals surface area contributed by atoms with Crippen molar-refractivity contribution in [3.05, 3.63) is 45.7 Å². The van der Waals surface area contributed by atoms with E-state index in [1.807, 2.05) is 6.92 Å². The Bertz CT molecular complexity index is 571. The van der Waals surface area contributed by atoms with Crippen LogP contribution >= 0.6 is 15.9 Å². The maximum atomic E-state index is 13.8. The second-order valence-electron chi connectivity index (χ2n) is 4.01. The Balaban J connectivity index is 2.17. The summed E-state index contributed by atoms with van der Waals surface area (Å²) in [6.07, 6.45) is 1.67. The van der Waals surface area contributed by atoms with Crippen LogP contribution in [0.15, 0.2) is 22.8 Å². The summed E-state index contributed by atoms with van der Waals surface area (Å²) in [5, 5.41) is 10.9. The second-order valence-corrected chi connectivity index (χ2v) is 4.86. The first kappa shape index (κ1) is 14.1. The van der Waals surface area contributed by atoms with Crippen LogP contribution in [0.2, 0.25) is 0 Å². The van der Waals surface area contributed by atoms with Crippen LogP contribution in [0.4, 0.5) is 8.78 Å². The molecule has 0 fully saturated rings. The molecule has 102 valence electrons. The van der Waals surface area contributed by atoms with Gasteiger partial charge in [-0.15, -0.1) is 5.10 Å². The first-order chi connectivity index (χ1) is 9.11. The van der Waals surface area contributed by atoms with Crippen LogP contribution in [0.5, 0.6) is 0 Å². The zero-order valence-corrected chi connectivity index (χ0v) is 11.9. The summed E-state index contributed by atoms with van der Waals surface area (Å²) in [4.78, 5) is 0. The zero-order valence-electron chi connectivity index (χ0n) is 10.3. The van der Waals surface area contributed by atoms with Crippen LogP contribution in [-0.4, -0.2) is 21.5 Å². The number of hydrogen-bond donors (Lipinski definition) is 1. The van der Waals surface area contributed by atoms with Gasteiger partial charge in [-0.25, -0.2) is 13.5 Å². The third kappa shape index (κ3) is 3.36. The number of hydrogen-bond acceptors (Lipinski definition) is 3. The van der Waals surface area contributed by atoms with Gasteiger partial charge in [0.1, 0.15) is 11.6 Å². The van der Waals surface area contributed by atoms with Crippen LogP contribution < -0.4 is 5.32 Å². The van der Waals surface area contributed by atoms with Crippen LogP contribution in [0, 0.1) is 11.6 Å². The molecule has 2 rings (SSSR count). The van der Waals surface area contributed by atoms with E-state index in [-0.39, 0.29) is 16.6 Å². The molecule has 0 aliphatic heterocycles. The monoisotopic (exact) mass is 330 g/mol. The number of nitrogens with one attached hydrogen (secondary N) is 1. The van der Waals surface area contributed by atoms with Crippen molar-refractivity contribution >= 4 is 15.9 Å². The summed E-state index contributed by atoms with van der Waals surface area (Å²) in [6, 6.07) is 2.56. The number of benzene rings is 1. The van der Waals surface area contributed by atoms with Gasteiger partial charge in [0, 0.05) is 12.1 Å². The van der Waals surface area contributed by atoms with Crippen molar-refractivity contribution in [2.24, 2.45) is 0 Å². The summed E-state index contributed by atoms with van der Waals surface area (Å²) in [7, 11) is 0. The first-order valence-electron chi connectivity index (χ1n) is 5.84. The molecule has 19 heavy (non-hydrogen) atoms. The van der Waals surface area contributed by atoms with E-state index in [0.717, 1.165) is 12.2 Å². The van der Waals surface area contributed by atoms with Crippen LogP contribution in [0.3, 0.4) is 0 Å². The van der Waals surface area contributed by atoms with E-state index in [0.29, 0.717) is 6.54 Å². The van der Waals surface area contributed by atoms with Gasteiger partial charge in [-0.1, -0.05) is 12.1 Å². The van der Waals surface area contributed by atoms with Gasteiger partial charge in [-0.3, -0.25) is 0 Å². The van der Waals surface area contributed by atoms with Crippen LogP contribution in [0.1, 0.15) is 18.2 Å². The molecule has 1 heterocycles. The van der Waals surface area contributed by atoms with E-state index >= 15 is 0 Å². The molecular weight excluding hydrogens is 318 g/mol.